The first kappa shape index (κ1) is 21.2. The molecule has 0 radical (unpaired) electrons. The second-order valence-electron chi connectivity index (χ2n) is 6.46. The third-order valence-electron chi connectivity index (χ3n) is 4.49. The predicted molar refractivity (Wildman–Crippen MR) is 123 cm³/mol. The van der Waals surface area contributed by atoms with E-state index >= 15 is 0 Å². The maximum absolute atomic E-state index is 4.99. The normalized spacial score (nSPS) is 15.1. The zero-order valence-corrected chi connectivity index (χ0v) is 17.0. The Morgan fingerprint density at radius 1 is 1.14 bits per heavy atom. The van der Waals surface area contributed by atoms with E-state index in [1.54, 1.807) is 0 Å². The van der Waals surface area contributed by atoms with Crippen molar-refractivity contribution in [3.63, 3.8) is 0 Å². The Morgan fingerprint density at radius 2 is 1.93 bits per heavy atom. The van der Waals surface area contributed by atoms with Crippen LogP contribution in [0.2, 0.25) is 0 Å². The van der Waals surface area contributed by atoms with Crippen molar-refractivity contribution in [2.75, 3.05) is 6.54 Å². The van der Waals surface area contributed by atoms with Crippen LogP contribution in [-0.2, 0) is 0 Å². The van der Waals surface area contributed by atoms with Crippen LogP contribution in [0.1, 0.15) is 32.3 Å². The molecule has 0 bridgehead atoms. The molecule has 0 heterocycles. The van der Waals surface area contributed by atoms with Crippen molar-refractivity contribution >= 4 is 5.71 Å². The van der Waals surface area contributed by atoms with Gasteiger partial charge in [-0.1, -0.05) is 85.5 Å². The van der Waals surface area contributed by atoms with E-state index in [9.17, 15) is 0 Å². The summed E-state index contributed by atoms with van der Waals surface area (Å²) in [5, 5.41) is 0. The quantitative estimate of drug-likeness (QED) is 0.347. The second-order valence-corrected chi connectivity index (χ2v) is 6.46. The van der Waals surface area contributed by atoms with Gasteiger partial charge in [-0.2, -0.15) is 0 Å². The molecule has 0 fully saturated rings. The Kier molecular flexibility index (Phi) is 8.74. The van der Waals surface area contributed by atoms with Crippen LogP contribution in [0.4, 0.5) is 0 Å². The zero-order valence-electron chi connectivity index (χ0n) is 17.0. The topological polar surface area (TPSA) is 15.6 Å². The SMILES string of the molecule is C=C/C=C(\C)N(CC)C(=C/CC1=CC=CC=CC1)/N=C(\C=C)c1ccccc1. The Bertz CT molecular complexity index is 846. The maximum Gasteiger partial charge on any atom is 0.129 e. The summed E-state index contributed by atoms with van der Waals surface area (Å²) in [6, 6.07) is 10.2. The van der Waals surface area contributed by atoms with Crippen molar-refractivity contribution < 1.29 is 0 Å². The Balaban J connectivity index is 2.44. The van der Waals surface area contributed by atoms with Crippen molar-refractivity contribution in [3.05, 3.63) is 121 Å². The first-order chi connectivity index (χ1) is 13.7. The molecule has 0 aromatic heterocycles. The number of nitrogens with zero attached hydrogens (tertiary/aromatic N) is 2. The summed E-state index contributed by atoms with van der Waals surface area (Å²) in [7, 11) is 0. The van der Waals surface area contributed by atoms with Crippen LogP contribution >= 0.6 is 0 Å². The number of hydrogen-bond donors (Lipinski definition) is 0. The molecular formula is C26H30N2. The fourth-order valence-electron chi connectivity index (χ4n) is 3.02. The van der Waals surface area contributed by atoms with Gasteiger partial charge in [-0.05, 0) is 44.9 Å². The van der Waals surface area contributed by atoms with E-state index in [-0.39, 0.29) is 0 Å². The fraction of sp³-hybridized carbons (Fsp3) is 0.192. The molecule has 0 saturated carbocycles. The highest BCUT2D eigenvalue weighted by Crippen LogP contribution is 2.20. The van der Waals surface area contributed by atoms with Gasteiger partial charge in [0.25, 0.3) is 0 Å². The Labute approximate surface area is 170 Å². The molecule has 2 heteroatoms. The van der Waals surface area contributed by atoms with Crippen LogP contribution < -0.4 is 0 Å². The molecule has 0 amide bonds. The second kappa shape index (κ2) is 11.6. The summed E-state index contributed by atoms with van der Waals surface area (Å²) in [6.07, 6.45) is 20.3. The number of hydrogen-bond acceptors (Lipinski definition) is 2. The van der Waals surface area contributed by atoms with Crippen LogP contribution in [0.15, 0.2) is 120 Å². The van der Waals surface area contributed by atoms with E-state index in [0.29, 0.717) is 0 Å². The van der Waals surface area contributed by atoms with Crippen molar-refractivity contribution in [1.82, 2.24) is 4.90 Å². The van der Waals surface area contributed by atoms with E-state index in [0.717, 1.165) is 42.2 Å². The molecular weight excluding hydrogens is 340 g/mol. The standard InChI is InChI=1S/C26H30N2/c1-5-15-22(4)28(7-3)26(21-20-23-16-11-8-9-12-17-23)27-25(6-2)24-18-13-10-14-19-24/h5-6,8-16,18-19,21H,1-2,7,17,20H2,3-4H3/b22-15+,26-21+,27-25+. The lowest BCUT2D eigenvalue weighted by Crippen LogP contribution is -2.20. The average molecular weight is 371 g/mol. The monoisotopic (exact) mass is 370 g/mol. The summed E-state index contributed by atoms with van der Waals surface area (Å²) in [5.41, 5.74) is 4.40. The zero-order chi connectivity index (χ0) is 20.2. The highest BCUT2D eigenvalue weighted by Gasteiger charge is 2.11. The molecule has 0 spiro atoms. The number of rotatable bonds is 9. The molecule has 1 aromatic rings. The fourth-order valence-corrected chi connectivity index (χ4v) is 3.02. The lowest BCUT2D eigenvalue weighted by Gasteiger charge is -2.25. The van der Waals surface area contributed by atoms with Gasteiger partial charge >= 0.3 is 0 Å². The van der Waals surface area contributed by atoms with Crippen molar-refractivity contribution in [2.45, 2.75) is 26.7 Å². The molecule has 1 aliphatic rings. The van der Waals surface area contributed by atoms with Gasteiger partial charge in [0.1, 0.15) is 5.82 Å². The number of aliphatic imine (C=N–C) groups is 1. The van der Waals surface area contributed by atoms with Crippen molar-refractivity contribution in [1.29, 1.82) is 0 Å². The van der Waals surface area contributed by atoms with Gasteiger partial charge in [0.2, 0.25) is 0 Å². The summed E-state index contributed by atoms with van der Waals surface area (Å²) in [6.45, 7) is 12.9. The molecule has 0 unspecified atom stereocenters. The Morgan fingerprint density at radius 3 is 2.61 bits per heavy atom. The van der Waals surface area contributed by atoms with Gasteiger partial charge in [-0.15, -0.1) is 0 Å². The van der Waals surface area contributed by atoms with Gasteiger partial charge in [0.05, 0.1) is 5.71 Å². The van der Waals surface area contributed by atoms with E-state index in [4.69, 9.17) is 4.99 Å². The van der Waals surface area contributed by atoms with Gasteiger partial charge < -0.3 is 4.90 Å². The maximum atomic E-state index is 4.99. The predicted octanol–water partition coefficient (Wildman–Crippen LogP) is 6.75. The third kappa shape index (κ3) is 6.24. The van der Waals surface area contributed by atoms with Crippen LogP contribution in [0, 0.1) is 0 Å². The molecule has 0 saturated heterocycles. The molecule has 0 N–H and O–H groups in total. The highest BCUT2D eigenvalue weighted by molar-refractivity contribution is 6.08. The summed E-state index contributed by atoms with van der Waals surface area (Å²) in [4.78, 5) is 7.20. The lowest BCUT2D eigenvalue weighted by atomic mass is 10.1. The summed E-state index contributed by atoms with van der Waals surface area (Å²) >= 11 is 0. The van der Waals surface area contributed by atoms with Crippen LogP contribution in [0.3, 0.4) is 0 Å². The minimum absolute atomic E-state index is 0.823. The molecule has 2 rings (SSSR count). The molecule has 28 heavy (non-hydrogen) atoms. The minimum atomic E-state index is 0.823. The Hall–Kier alpha value is -3.13. The first-order valence-electron chi connectivity index (χ1n) is 9.74. The van der Waals surface area contributed by atoms with E-state index < -0.39 is 0 Å². The van der Waals surface area contributed by atoms with E-state index in [1.165, 1.54) is 5.57 Å². The van der Waals surface area contributed by atoms with Gasteiger partial charge in [0, 0.05) is 17.8 Å². The lowest BCUT2D eigenvalue weighted by molar-refractivity contribution is 0.445. The average Bonchev–Trinajstić information content (AvgIpc) is 3.00. The van der Waals surface area contributed by atoms with Gasteiger partial charge in [-0.3, -0.25) is 0 Å². The number of benzene rings is 1. The molecule has 0 atom stereocenters. The number of allylic oxidation sites excluding steroid dienone is 11. The minimum Gasteiger partial charge on any atom is -0.331 e. The van der Waals surface area contributed by atoms with Crippen molar-refractivity contribution in [3.8, 4) is 0 Å². The smallest absolute Gasteiger partial charge is 0.129 e. The molecule has 2 nitrogen and oxygen atoms in total. The molecule has 0 aliphatic heterocycles. The third-order valence-corrected chi connectivity index (χ3v) is 4.49. The summed E-state index contributed by atoms with van der Waals surface area (Å²) in [5.74, 6) is 0.926. The van der Waals surface area contributed by atoms with Gasteiger partial charge in [-0.25, -0.2) is 4.99 Å². The molecule has 1 aliphatic carbocycles. The largest absolute Gasteiger partial charge is 0.331 e. The molecule has 144 valence electrons. The highest BCUT2D eigenvalue weighted by atomic mass is 15.2. The van der Waals surface area contributed by atoms with Crippen LogP contribution in [-0.4, -0.2) is 17.2 Å². The van der Waals surface area contributed by atoms with Crippen LogP contribution in [0.25, 0.3) is 0 Å². The summed E-state index contributed by atoms with van der Waals surface area (Å²) < 4.78 is 0. The van der Waals surface area contributed by atoms with E-state index in [1.807, 2.05) is 36.4 Å². The van der Waals surface area contributed by atoms with E-state index in [2.05, 4.69) is 80.5 Å². The van der Waals surface area contributed by atoms with Crippen molar-refractivity contribution in [2.24, 2.45) is 4.99 Å². The first-order valence-corrected chi connectivity index (χ1v) is 9.74. The van der Waals surface area contributed by atoms with Crippen LogP contribution in [0.5, 0.6) is 0 Å². The van der Waals surface area contributed by atoms with Gasteiger partial charge in [0.15, 0.2) is 0 Å². The molecule has 1 aromatic carbocycles.